The molecule has 1 amide bonds. The summed E-state index contributed by atoms with van der Waals surface area (Å²) < 4.78 is 1.70. The van der Waals surface area contributed by atoms with E-state index in [9.17, 15) is 4.79 Å². The van der Waals surface area contributed by atoms with Crippen LogP contribution in [-0.2, 0) is 0 Å². The Morgan fingerprint density at radius 1 is 1.40 bits per heavy atom. The van der Waals surface area contributed by atoms with E-state index in [4.69, 9.17) is 5.73 Å². The molecule has 0 spiro atoms. The highest BCUT2D eigenvalue weighted by Crippen LogP contribution is 2.32. The molecule has 4 rings (SSSR count). The highest BCUT2D eigenvalue weighted by atomic mass is 16.2. The molecule has 0 saturated heterocycles. The van der Waals surface area contributed by atoms with E-state index in [-0.39, 0.29) is 11.9 Å². The van der Waals surface area contributed by atoms with E-state index in [1.807, 2.05) is 31.2 Å². The fourth-order valence-corrected chi connectivity index (χ4v) is 3.16. The van der Waals surface area contributed by atoms with Crippen LogP contribution in [0.5, 0.6) is 0 Å². The third-order valence-electron chi connectivity index (χ3n) is 4.76. The summed E-state index contributed by atoms with van der Waals surface area (Å²) in [4.78, 5) is 16.7. The van der Waals surface area contributed by atoms with Gasteiger partial charge in [0.05, 0.1) is 11.4 Å². The van der Waals surface area contributed by atoms with Gasteiger partial charge < -0.3 is 11.1 Å². The van der Waals surface area contributed by atoms with Gasteiger partial charge in [0.15, 0.2) is 5.69 Å². The van der Waals surface area contributed by atoms with Crippen LogP contribution in [0.4, 0.5) is 0 Å². The first-order chi connectivity index (χ1) is 12.2. The molecule has 3 N–H and O–H groups in total. The van der Waals surface area contributed by atoms with E-state index in [0.29, 0.717) is 23.9 Å². The molecule has 2 heterocycles. The largest absolute Gasteiger partial charge is 0.346 e. The topological polar surface area (TPSA) is 98.7 Å². The number of nitrogens with one attached hydrogen (secondary N) is 1. The first-order valence-electron chi connectivity index (χ1n) is 8.45. The van der Waals surface area contributed by atoms with Gasteiger partial charge in [0.25, 0.3) is 5.91 Å². The Kier molecular flexibility index (Phi) is 3.93. The SMILES string of the molecule is Cc1c(C(=O)NC(CN)C2CC2)nnn1-c1cccc2cnccc12. The zero-order valence-corrected chi connectivity index (χ0v) is 14.0. The van der Waals surface area contributed by atoms with Gasteiger partial charge in [-0.25, -0.2) is 4.68 Å². The second kappa shape index (κ2) is 6.25. The predicted molar refractivity (Wildman–Crippen MR) is 94.4 cm³/mol. The summed E-state index contributed by atoms with van der Waals surface area (Å²) in [7, 11) is 0. The molecule has 3 aromatic rings. The van der Waals surface area contributed by atoms with Crippen molar-refractivity contribution in [2.45, 2.75) is 25.8 Å². The van der Waals surface area contributed by atoms with Gasteiger partial charge in [0.2, 0.25) is 0 Å². The van der Waals surface area contributed by atoms with Crippen LogP contribution in [0.1, 0.15) is 29.0 Å². The molecule has 0 radical (unpaired) electrons. The van der Waals surface area contributed by atoms with Gasteiger partial charge in [-0.15, -0.1) is 5.10 Å². The first kappa shape index (κ1) is 15.7. The molecule has 0 aliphatic heterocycles. The molecule has 1 saturated carbocycles. The van der Waals surface area contributed by atoms with Gasteiger partial charge in [-0.1, -0.05) is 17.3 Å². The fourth-order valence-electron chi connectivity index (χ4n) is 3.16. The first-order valence-corrected chi connectivity index (χ1v) is 8.45. The Bertz CT molecular complexity index is 925. The van der Waals surface area contributed by atoms with Crippen LogP contribution in [0.3, 0.4) is 0 Å². The molecule has 2 aromatic heterocycles. The number of nitrogens with zero attached hydrogens (tertiary/aromatic N) is 4. The summed E-state index contributed by atoms with van der Waals surface area (Å²) in [6.45, 7) is 2.30. The number of amides is 1. The number of hydrogen-bond acceptors (Lipinski definition) is 5. The molecule has 7 heteroatoms. The molecule has 1 aromatic carbocycles. The Morgan fingerprint density at radius 3 is 3.00 bits per heavy atom. The maximum atomic E-state index is 12.6. The van der Waals surface area contributed by atoms with Crippen LogP contribution in [0, 0.1) is 12.8 Å². The quantitative estimate of drug-likeness (QED) is 0.737. The Balaban J connectivity index is 1.67. The monoisotopic (exact) mass is 336 g/mol. The van der Waals surface area contributed by atoms with Gasteiger partial charge in [0, 0.05) is 35.8 Å². The van der Waals surface area contributed by atoms with Crippen molar-refractivity contribution in [2.75, 3.05) is 6.54 Å². The van der Waals surface area contributed by atoms with Crippen molar-refractivity contribution in [1.29, 1.82) is 0 Å². The minimum atomic E-state index is -0.215. The van der Waals surface area contributed by atoms with E-state index < -0.39 is 0 Å². The van der Waals surface area contributed by atoms with Gasteiger partial charge >= 0.3 is 0 Å². The number of pyridine rings is 1. The molecule has 25 heavy (non-hydrogen) atoms. The second-order valence-electron chi connectivity index (χ2n) is 6.46. The fraction of sp³-hybridized carbons (Fsp3) is 0.333. The molecule has 1 atom stereocenters. The van der Waals surface area contributed by atoms with Crippen molar-refractivity contribution in [3.05, 3.63) is 48.0 Å². The lowest BCUT2D eigenvalue weighted by atomic mass is 10.1. The Hall–Kier alpha value is -2.80. The van der Waals surface area contributed by atoms with Gasteiger partial charge in [0.1, 0.15) is 0 Å². The summed E-state index contributed by atoms with van der Waals surface area (Å²) in [5, 5.41) is 13.3. The van der Waals surface area contributed by atoms with Crippen molar-refractivity contribution in [2.24, 2.45) is 11.7 Å². The van der Waals surface area contributed by atoms with Crippen molar-refractivity contribution in [1.82, 2.24) is 25.3 Å². The highest BCUT2D eigenvalue weighted by Gasteiger charge is 2.32. The number of hydrogen-bond donors (Lipinski definition) is 2. The number of fused-ring (bicyclic) bond motifs is 1. The van der Waals surface area contributed by atoms with E-state index >= 15 is 0 Å². The van der Waals surface area contributed by atoms with Crippen LogP contribution < -0.4 is 11.1 Å². The Morgan fingerprint density at radius 2 is 2.24 bits per heavy atom. The molecule has 7 nitrogen and oxygen atoms in total. The zero-order valence-electron chi connectivity index (χ0n) is 14.0. The lowest BCUT2D eigenvalue weighted by Crippen LogP contribution is -2.42. The van der Waals surface area contributed by atoms with Crippen molar-refractivity contribution < 1.29 is 4.79 Å². The average Bonchev–Trinajstić information content (AvgIpc) is 3.41. The van der Waals surface area contributed by atoms with Crippen LogP contribution in [0.15, 0.2) is 36.7 Å². The second-order valence-corrected chi connectivity index (χ2v) is 6.46. The minimum Gasteiger partial charge on any atom is -0.346 e. The van der Waals surface area contributed by atoms with Gasteiger partial charge in [-0.2, -0.15) is 0 Å². The molecular formula is C18H20N6O. The molecule has 1 fully saturated rings. The van der Waals surface area contributed by atoms with Crippen LogP contribution >= 0.6 is 0 Å². The molecule has 1 aliphatic carbocycles. The summed E-state index contributed by atoms with van der Waals surface area (Å²) in [6, 6.07) is 7.84. The molecule has 128 valence electrons. The Labute approximate surface area is 145 Å². The highest BCUT2D eigenvalue weighted by molar-refractivity contribution is 5.94. The van der Waals surface area contributed by atoms with E-state index in [0.717, 1.165) is 29.3 Å². The van der Waals surface area contributed by atoms with Crippen LogP contribution in [0.25, 0.3) is 16.5 Å². The molecule has 0 bridgehead atoms. The summed E-state index contributed by atoms with van der Waals surface area (Å²) in [6.07, 6.45) is 5.79. The van der Waals surface area contributed by atoms with Gasteiger partial charge in [-0.3, -0.25) is 9.78 Å². The molecule has 1 aliphatic rings. The maximum Gasteiger partial charge on any atom is 0.274 e. The van der Waals surface area contributed by atoms with Crippen LogP contribution in [-0.4, -0.2) is 38.5 Å². The number of rotatable bonds is 5. The number of benzene rings is 1. The third kappa shape index (κ3) is 2.87. The average molecular weight is 336 g/mol. The lowest BCUT2D eigenvalue weighted by molar-refractivity contribution is 0.0927. The third-order valence-corrected chi connectivity index (χ3v) is 4.76. The molecule has 1 unspecified atom stereocenters. The predicted octanol–water partition coefficient (Wildman–Crippen LogP) is 1.59. The number of nitrogens with two attached hydrogens (primary N) is 1. The van der Waals surface area contributed by atoms with E-state index in [1.54, 1.807) is 17.1 Å². The minimum absolute atomic E-state index is 0.0145. The summed E-state index contributed by atoms with van der Waals surface area (Å²) in [5.74, 6) is 0.280. The van der Waals surface area contributed by atoms with E-state index in [1.165, 1.54) is 0 Å². The number of carbonyl (C=O) groups is 1. The maximum absolute atomic E-state index is 12.6. The number of carbonyl (C=O) groups excluding carboxylic acids is 1. The van der Waals surface area contributed by atoms with Crippen molar-refractivity contribution in [3.63, 3.8) is 0 Å². The summed E-state index contributed by atoms with van der Waals surface area (Å²) >= 11 is 0. The van der Waals surface area contributed by atoms with Crippen LogP contribution in [0.2, 0.25) is 0 Å². The van der Waals surface area contributed by atoms with Gasteiger partial charge in [-0.05, 0) is 37.8 Å². The van der Waals surface area contributed by atoms with Crippen molar-refractivity contribution >= 4 is 16.7 Å². The molecular weight excluding hydrogens is 316 g/mol. The summed E-state index contributed by atoms with van der Waals surface area (Å²) in [5.41, 5.74) is 7.69. The van der Waals surface area contributed by atoms with Crippen molar-refractivity contribution in [3.8, 4) is 5.69 Å². The standard InChI is InChI=1S/C18H20N6O/c1-11-17(18(25)21-15(9-19)12-5-6-12)22-23-24(11)16-4-2-3-13-10-20-8-7-14(13)16/h2-4,7-8,10,12,15H,5-6,9,19H2,1H3,(H,21,25). The number of aromatic nitrogens is 4. The zero-order chi connectivity index (χ0) is 17.4. The lowest BCUT2D eigenvalue weighted by Gasteiger charge is -2.15. The van der Waals surface area contributed by atoms with E-state index in [2.05, 4.69) is 20.6 Å². The normalized spacial score (nSPS) is 15.3. The smallest absolute Gasteiger partial charge is 0.274 e.